The molecule has 4 nitrogen and oxygen atoms in total. The minimum Gasteiger partial charge on any atom is -0.371 e. The molecule has 0 aromatic heterocycles. The van der Waals surface area contributed by atoms with Crippen LogP contribution in [0.5, 0.6) is 0 Å². The minimum absolute atomic E-state index is 0.537. The number of allylic oxidation sites excluding steroid dienone is 2. The summed E-state index contributed by atoms with van der Waals surface area (Å²) in [4.78, 5) is 2.25. The molecule has 2 aliphatic heterocycles. The van der Waals surface area contributed by atoms with E-state index in [4.69, 9.17) is 5.26 Å². The van der Waals surface area contributed by atoms with Crippen molar-refractivity contribution in [3.63, 3.8) is 0 Å². The highest BCUT2D eigenvalue weighted by Crippen LogP contribution is 2.24. The zero-order valence-electron chi connectivity index (χ0n) is 9.11. The van der Waals surface area contributed by atoms with Crippen molar-refractivity contribution in [3.8, 4) is 6.07 Å². The van der Waals surface area contributed by atoms with Gasteiger partial charge in [-0.2, -0.15) is 10.4 Å². The number of hydrazone groups is 1. The van der Waals surface area contributed by atoms with Crippen molar-refractivity contribution in [1.29, 1.82) is 5.26 Å². The van der Waals surface area contributed by atoms with E-state index in [1.165, 1.54) is 12.8 Å². The fourth-order valence-electron chi connectivity index (χ4n) is 1.93. The van der Waals surface area contributed by atoms with Crippen molar-refractivity contribution in [2.45, 2.75) is 12.8 Å². The molecule has 16 heavy (non-hydrogen) atoms. The molecule has 2 aliphatic rings. The second-order valence-corrected chi connectivity index (χ2v) is 3.80. The van der Waals surface area contributed by atoms with Gasteiger partial charge in [0.25, 0.3) is 0 Å². The van der Waals surface area contributed by atoms with Crippen LogP contribution in [0.15, 0.2) is 40.8 Å². The third-order valence-corrected chi connectivity index (χ3v) is 2.79. The standard InChI is InChI=1S/C12H14N4/c1-10-11(8-13)9-15-14-5-4-12(10)16-6-2-3-7-16/h4-5,9,15H,1-3,6-7H2/b11-9-,12-4+,14-5-. The minimum atomic E-state index is 0.537. The Morgan fingerprint density at radius 1 is 1.44 bits per heavy atom. The number of rotatable bonds is 1. The molecule has 0 unspecified atom stereocenters. The molecule has 0 atom stereocenters. The third kappa shape index (κ3) is 1.98. The van der Waals surface area contributed by atoms with Crippen LogP contribution in [-0.4, -0.2) is 24.2 Å². The van der Waals surface area contributed by atoms with Crippen LogP contribution < -0.4 is 5.43 Å². The second kappa shape index (κ2) is 4.67. The zero-order chi connectivity index (χ0) is 11.4. The van der Waals surface area contributed by atoms with Crippen LogP contribution in [0.1, 0.15) is 12.8 Å². The lowest BCUT2D eigenvalue weighted by atomic mass is 10.1. The first-order valence-electron chi connectivity index (χ1n) is 5.36. The summed E-state index contributed by atoms with van der Waals surface area (Å²) in [6.45, 7) is 6.06. The van der Waals surface area contributed by atoms with Gasteiger partial charge in [-0.05, 0) is 18.9 Å². The summed E-state index contributed by atoms with van der Waals surface area (Å²) in [5.74, 6) is 0. The molecule has 0 bridgehead atoms. The van der Waals surface area contributed by atoms with E-state index in [1.54, 1.807) is 12.4 Å². The first-order valence-corrected chi connectivity index (χ1v) is 5.36. The van der Waals surface area contributed by atoms with Gasteiger partial charge in [-0.1, -0.05) is 6.58 Å². The molecular weight excluding hydrogens is 200 g/mol. The maximum absolute atomic E-state index is 9.02. The van der Waals surface area contributed by atoms with E-state index in [-0.39, 0.29) is 0 Å². The first-order chi connectivity index (χ1) is 7.83. The molecular formula is C12H14N4. The normalized spacial score (nSPS) is 28.9. The molecule has 0 aliphatic carbocycles. The van der Waals surface area contributed by atoms with Crippen molar-refractivity contribution < 1.29 is 0 Å². The lowest BCUT2D eigenvalue weighted by molar-refractivity contribution is 0.436. The summed E-state index contributed by atoms with van der Waals surface area (Å²) in [6.07, 6.45) is 7.59. The van der Waals surface area contributed by atoms with Crippen molar-refractivity contribution in [2.24, 2.45) is 5.10 Å². The van der Waals surface area contributed by atoms with Crippen molar-refractivity contribution in [1.82, 2.24) is 10.3 Å². The van der Waals surface area contributed by atoms with Crippen LogP contribution in [0, 0.1) is 11.3 Å². The summed E-state index contributed by atoms with van der Waals surface area (Å²) >= 11 is 0. The van der Waals surface area contributed by atoms with Crippen molar-refractivity contribution in [2.75, 3.05) is 13.1 Å². The Bertz CT molecular complexity index is 417. The molecule has 1 fully saturated rings. The van der Waals surface area contributed by atoms with E-state index in [2.05, 4.69) is 28.1 Å². The summed E-state index contributed by atoms with van der Waals surface area (Å²) in [5.41, 5.74) is 5.00. The van der Waals surface area contributed by atoms with Gasteiger partial charge in [0.15, 0.2) is 0 Å². The van der Waals surface area contributed by atoms with Gasteiger partial charge in [-0.15, -0.1) is 0 Å². The fourth-order valence-corrected chi connectivity index (χ4v) is 1.93. The fraction of sp³-hybridized carbons (Fsp3) is 0.333. The maximum atomic E-state index is 9.02. The molecule has 1 saturated heterocycles. The highest BCUT2D eigenvalue weighted by Gasteiger charge is 2.19. The van der Waals surface area contributed by atoms with Gasteiger partial charge in [0.2, 0.25) is 0 Å². The molecule has 0 radical (unpaired) electrons. The van der Waals surface area contributed by atoms with Crippen molar-refractivity contribution in [3.05, 3.63) is 35.7 Å². The van der Waals surface area contributed by atoms with Crippen LogP contribution >= 0.6 is 0 Å². The molecule has 2 heterocycles. The number of likely N-dealkylation sites (tertiary alicyclic amines) is 1. The average molecular weight is 214 g/mol. The van der Waals surface area contributed by atoms with E-state index < -0.39 is 0 Å². The van der Waals surface area contributed by atoms with E-state index in [1.807, 2.05) is 6.08 Å². The summed E-state index contributed by atoms with van der Waals surface area (Å²) < 4.78 is 0. The molecule has 82 valence electrons. The van der Waals surface area contributed by atoms with Gasteiger partial charge < -0.3 is 4.90 Å². The van der Waals surface area contributed by atoms with E-state index in [9.17, 15) is 0 Å². The Morgan fingerprint density at radius 2 is 2.19 bits per heavy atom. The molecule has 0 aromatic carbocycles. The highest BCUT2D eigenvalue weighted by atomic mass is 15.3. The maximum Gasteiger partial charge on any atom is 0.101 e. The number of nitrogens with one attached hydrogen (secondary N) is 1. The molecule has 4 heteroatoms. The Labute approximate surface area is 95.2 Å². The Morgan fingerprint density at radius 3 is 2.88 bits per heavy atom. The molecule has 2 rings (SSSR count). The predicted molar refractivity (Wildman–Crippen MR) is 63.4 cm³/mol. The van der Waals surface area contributed by atoms with Crippen LogP contribution in [0.4, 0.5) is 0 Å². The summed E-state index contributed by atoms with van der Waals surface area (Å²) in [5, 5.41) is 13.0. The summed E-state index contributed by atoms with van der Waals surface area (Å²) in [7, 11) is 0. The van der Waals surface area contributed by atoms with Gasteiger partial charge in [-0.3, -0.25) is 5.43 Å². The molecule has 0 saturated carbocycles. The average Bonchev–Trinajstić information content (AvgIpc) is 2.78. The number of nitriles is 1. The topological polar surface area (TPSA) is 51.4 Å². The lowest BCUT2D eigenvalue weighted by Crippen LogP contribution is -2.21. The largest absolute Gasteiger partial charge is 0.371 e. The van der Waals surface area contributed by atoms with Gasteiger partial charge in [0, 0.05) is 36.8 Å². The Kier molecular flexibility index (Phi) is 3.06. The second-order valence-electron chi connectivity index (χ2n) is 3.80. The van der Waals surface area contributed by atoms with E-state index >= 15 is 0 Å². The first kappa shape index (κ1) is 10.5. The zero-order valence-corrected chi connectivity index (χ0v) is 9.11. The molecule has 0 amide bonds. The Hall–Kier alpha value is -2.02. The van der Waals surface area contributed by atoms with Crippen LogP contribution in [0.2, 0.25) is 0 Å². The van der Waals surface area contributed by atoms with Gasteiger partial charge in [0.1, 0.15) is 6.07 Å². The molecule has 1 N–H and O–H groups in total. The summed E-state index contributed by atoms with van der Waals surface area (Å²) in [6, 6.07) is 2.13. The van der Waals surface area contributed by atoms with Crippen LogP contribution in [0.25, 0.3) is 0 Å². The number of hydrogen-bond acceptors (Lipinski definition) is 4. The smallest absolute Gasteiger partial charge is 0.101 e. The molecule has 0 aromatic rings. The van der Waals surface area contributed by atoms with Crippen LogP contribution in [-0.2, 0) is 0 Å². The quantitative estimate of drug-likeness (QED) is 0.720. The highest BCUT2D eigenvalue weighted by molar-refractivity contribution is 5.75. The van der Waals surface area contributed by atoms with E-state index in [0.717, 1.165) is 24.4 Å². The number of hydrogen-bond donors (Lipinski definition) is 1. The third-order valence-electron chi connectivity index (χ3n) is 2.79. The van der Waals surface area contributed by atoms with Crippen LogP contribution in [0.3, 0.4) is 0 Å². The molecule has 0 spiro atoms. The van der Waals surface area contributed by atoms with E-state index in [0.29, 0.717) is 5.57 Å². The van der Waals surface area contributed by atoms with Gasteiger partial charge >= 0.3 is 0 Å². The Balaban J connectivity index is 2.30. The van der Waals surface area contributed by atoms with Gasteiger partial charge in [0.05, 0.1) is 5.57 Å². The SMILES string of the molecule is C=C1/C(C#N)=C\N/N=C\C=C/1N1CCCC1. The predicted octanol–water partition coefficient (Wildman–Crippen LogP) is 1.52. The number of nitrogens with zero attached hydrogens (tertiary/aromatic N) is 3. The lowest BCUT2D eigenvalue weighted by Gasteiger charge is -2.23. The monoisotopic (exact) mass is 214 g/mol. The van der Waals surface area contributed by atoms with Crippen molar-refractivity contribution >= 4 is 6.21 Å². The van der Waals surface area contributed by atoms with Gasteiger partial charge in [-0.25, -0.2) is 0 Å².